The molecule has 9 heteroatoms. The van der Waals surface area contributed by atoms with Crippen molar-refractivity contribution >= 4 is 27.2 Å². The number of nitrogens with one attached hydrogen (secondary N) is 2. The van der Waals surface area contributed by atoms with Crippen LogP contribution in [-0.2, 0) is 16.6 Å². The molecule has 1 heterocycles. The van der Waals surface area contributed by atoms with E-state index >= 15 is 0 Å². The van der Waals surface area contributed by atoms with Crippen LogP contribution >= 0.6 is 12.2 Å². The number of hydrogen-bond donors (Lipinski definition) is 3. The highest BCUT2D eigenvalue weighted by Crippen LogP contribution is 2.17. The van der Waals surface area contributed by atoms with Crippen molar-refractivity contribution in [2.24, 2.45) is 5.73 Å². The van der Waals surface area contributed by atoms with E-state index in [0.29, 0.717) is 17.0 Å². The largest absolute Gasteiger partial charge is 0.389 e. The van der Waals surface area contributed by atoms with Crippen LogP contribution in [0.3, 0.4) is 0 Å². The molecule has 0 aliphatic carbocycles. The zero-order chi connectivity index (χ0) is 14.8. The van der Waals surface area contributed by atoms with Crippen molar-refractivity contribution in [1.82, 2.24) is 19.9 Å². The molecule has 0 fully saturated rings. The Bertz CT molecular complexity index is 725. The Kier molecular flexibility index (Phi) is 4.12. The molecule has 0 radical (unpaired) electrons. The van der Waals surface area contributed by atoms with E-state index in [9.17, 15) is 8.42 Å². The predicted molar refractivity (Wildman–Crippen MR) is 77.5 cm³/mol. The molecule has 0 saturated heterocycles. The highest BCUT2D eigenvalue weighted by Gasteiger charge is 2.18. The fraction of sp³-hybridized carbons (Fsp3) is 0.182. The molecular weight excluding hydrogens is 298 g/mol. The Morgan fingerprint density at radius 2 is 2.25 bits per heavy atom. The molecule has 20 heavy (non-hydrogen) atoms. The van der Waals surface area contributed by atoms with Gasteiger partial charge in [-0.25, -0.2) is 18.1 Å². The number of sulfonamides is 1. The molecule has 0 atom stereocenters. The first-order chi connectivity index (χ1) is 9.40. The van der Waals surface area contributed by atoms with Crippen LogP contribution in [0.25, 0.3) is 0 Å². The highest BCUT2D eigenvalue weighted by atomic mass is 32.2. The van der Waals surface area contributed by atoms with E-state index in [4.69, 9.17) is 18.0 Å². The summed E-state index contributed by atoms with van der Waals surface area (Å²) >= 11 is 4.86. The lowest BCUT2D eigenvalue weighted by Gasteiger charge is -2.10. The summed E-state index contributed by atoms with van der Waals surface area (Å²) in [4.78, 5) is 4.14. The summed E-state index contributed by atoms with van der Waals surface area (Å²) < 4.78 is 27.0. The maximum atomic E-state index is 12.3. The Morgan fingerprint density at radius 3 is 2.85 bits per heavy atom. The Labute approximate surface area is 121 Å². The van der Waals surface area contributed by atoms with Crippen LogP contribution in [0.15, 0.2) is 29.4 Å². The molecule has 0 bridgehead atoms. The van der Waals surface area contributed by atoms with Crippen molar-refractivity contribution in [3.05, 3.63) is 41.5 Å². The predicted octanol–water partition coefficient (Wildman–Crippen LogP) is 0.226. The second-order valence-corrected chi connectivity index (χ2v) is 6.28. The van der Waals surface area contributed by atoms with Crippen LogP contribution in [0.1, 0.15) is 17.0 Å². The number of aromatic nitrogens is 3. The van der Waals surface area contributed by atoms with Crippen molar-refractivity contribution in [2.75, 3.05) is 0 Å². The minimum atomic E-state index is -3.68. The molecule has 0 aliphatic rings. The summed E-state index contributed by atoms with van der Waals surface area (Å²) in [6.45, 7) is 1.73. The van der Waals surface area contributed by atoms with Gasteiger partial charge in [0.1, 0.15) is 17.1 Å². The number of H-pyrrole nitrogens is 1. The average molecular weight is 311 g/mol. The SMILES string of the molecule is Cc1ccc(C(N)=S)cc1S(=O)(=O)NCc1ncn[nH]1. The van der Waals surface area contributed by atoms with Crippen molar-refractivity contribution in [1.29, 1.82) is 0 Å². The van der Waals surface area contributed by atoms with E-state index in [1.54, 1.807) is 19.1 Å². The summed E-state index contributed by atoms with van der Waals surface area (Å²) in [6, 6.07) is 4.81. The van der Waals surface area contributed by atoms with Gasteiger partial charge >= 0.3 is 0 Å². The average Bonchev–Trinajstić information content (AvgIpc) is 2.89. The van der Waals surface area contributed by atoms with Gasteiger partial charge in [0.25, 0.3) is 0 Å². The molecule has 4 N–H and O–H groups in total. The van der Waals surface area contributed by atoms with Gasteiger partial charge in [-0.1, -0.05) is 24.4 Å². The van der Waals surface area contributed by atoms with Crippen molar-refractivity contribution in [3.63, 3.8) is 0 Å². The lowest BCUT2D eigenvalue weighted by atomic mass is 10.1. The van der Waals surface area contributed by atoms with E-state index in [1.165, 1.54) is 12.4 Å². The van der Waals surface area contributed by atoms with E-state index in [2.05, 4.69) is 19.9 Å². The van der Waals surface area contributed by atoms with Crippen LogP contribution in [-0.4, -0.2) is 28.6 Å². The first-order valence-electron chi connectivity index (χ1n) is 5.64. The summed E-state index contributed by atoms with van der Waals surface area (Å²) in [5, 5.41) is 6.22. The molecule has 106 valence electrons. The second kappa shape index (κ2) is 5.65. The van der Waals surface area contributed by atoms with Gasteiger partial charge < -0.3 is 5.73 Å². The molecule has 2 rings (SSSR count). The number of thiocarbonyl (C=S) groups is 1. The number of benzene rings is 1. The minimum Gasteiger partial charge on any atom is -0.389 e. The Balaban J connectivity index is 2.28. The van der Waals surface area contributed by atoms with Crippen LogP contribution < -0.4 is 10.5 Å². The van der Waals surface area contributed by atoms with Crippen molar-refractivity contribution < 1.29 is 8.42 Å². The summed E-state index contributed by atoms with van der Waals surface area (Å²) in [5.74, 6) is 0.428. The number of aromatic amines is 1. The van der Waals surface area contributed by atoms with Crippen LogP contribution in [0.2, 0.25) is 0 Å². The van der Waals surface area contributed by atoms with Crippen LogP contribution in [0, 0.1) is 6.92 Å². The maximum absolute atomic E-state index is 12.3. The number of hydrogen-bond acceptors (Lipinski definition) is 5. The van der Waals surface area contributed by atoms with E-state index in [1.807, 2.05) is 0 Å². The van der Waals surface area contributed by atoms with Crippen molar-refractivity contribution in [2.45, 2.75) is 18.4 Å². The van der Waals surface area contributed by atoms with Gasteiger partial charge in [-0.05, 0) is 18.6 Å². The molecule has 0 aliphatic heterocycles. The third-order valence-electron chi connectivity index (χ3n) is 2.66. The summed E-state index contributed by atoms with van der Waals surface area (Å²) in [7, 11) is -3.68. The van der Waals surface area contributed by atoms with E-state index < -0.39 is 10.0 Å². The third-order valence-corrected chi connectivity index (χ3v) is 4.44. The molecule has 0 saturated carbocycles. The molecule has 0 spiro atoms. The zero-order valence-corrected chi connectivity index (χ0v) is 12.3. The molecular formula is C11H13N5O2S2. The molecule has 0 amide bonds. The number of aryl methyl sites for hydroxylation is 1. The Hall–Kier alpha value is -1.84. The molecule has 1 aromatic carbocycles. The quantitative estimate of drug-likeness (QED) is 0.681. The topological polar surface area (TPSA) is 114 Å². The molecule has 1 aromatic heterocycles. The monoisotopic (exact) mass is 311 g/mol. The van der Waals surface area contributed by atoms with Gasteiger partial charge in [0.15, 0.2) is 0 Å². The van der Waals surface area contributed by atoms with Gasteiger partial charge in [0, 0.05) is 5.56 Å². The fourth-order valence-electron chi connectivity index (χ4n) is 1.60. The zero-order valence-electron chi connectivity index (χ0n) is 10.6. The number of nitrogens with two attached hydrogens (primary N) is 1. The molecule has 7 nitrogen and oxygen atoms in total. The van der Waals surface area contributed by atoms with Gasteiger partial charge in [0.2, 0.25) is 10.0 Å². The van der Waals surface area contributed by atoms with Gasteiger partial charge in [-0.2, -0.15) is 5.10 Å². The van der Waals surface area contributed by atoms with Gasteiger partial charge in [-0.3, -0.25) is 5.10 Å². The molecule has 2 aromatic rings. The fourth-order valence-corrected chi connectivity index (χ4v) is 2.98. The lowest BCUT2D eigenvalue weighted by molar-refractivity contribution is 0.578. The van der Waals surface area contributed by atoms with Crippen LogP contribution in [0.4, 0.5) is 0 Å². The third kappa shape index (κ3) is 3.18. The Morgan fingerprint density at radius 1 is 1.50 bits per heavy atom. The highest BCUT2D eigenvalue weighted by molar-refractivity contribution is 7.89. The second-order valence-electron chi connectivity index (χ2n) is 4.10. The lowest BCUT2D eigenvalue weighted by Crippen LogP contribution is -2.25. The van der Waals surface area contributed by atoms with Crippen LogP contribution in [0.5, 0.6) is 0 Å². The first-order valence-corrected chi connectivity index (χ1v) is 7.53. The standard InChI is InChI=1S/C11H13N5O2S2/c1-7-2-3-8(11(12)19)4-9(7)20(17,18)15-5-10-13-6-14-16-10/h2-4,6,15H,5H2,1H3,(H2,12,19)(H,13,14,16). The molecule has 0 unspecified atom stereocenters. The summed E-state index contributed by atoms with van der Waals surface area (Å²) in [5.41, 5.74) is 6.63. The first kappa shape index (κ1) is 14.6. The maximum Gasteiger partial charge on any atom is 0.241 e. The van der Waals surface area contributed by atoms with E-state index in [-0.39, 0.29) is 16.4 Å². The number of nitrogens with zero attached hydrogens (tertiary/aromatic N) is 2. The normalized spacial score (nSPS) is 11.4. The van der Waals surface area contributed by atoms with E-state index in [0.717, 1.165) is 0 Å². The summed E-state index contributed by atoms with van der Waals surface area (Å²) in [6.07, 6.45) is 1.31. The van der Waals surface area contributed by atoms with Gasteiger partial charge in [0.05, 0.1) is 11.4 Å². The minimum absolute atomic E-state index is 0.0269. The number of rotatable bonds is 5. The smallest absolute Gasteiger partial charge is 0.241 e. The van der Waals surface area contributed by atoms with Crippen molar-refractivity contribution in [3.8, 4) is 0 Å². The van der Waals surface area contributed by atoms with Gasteiger partial charge in [-0.15, -0.1) is 0 Å².